The quantitative estimate of drug-likeness (QED) is 0.834. The Kier molecular flexibility index (Phi) is 2.62. The summed E-state index contributed by atoms with van der Waals surface area (Å²) in [6, 6.07) is 12.1. The first-order chi connectivity index (χ1) is 9.33. The normalized spacial score (nSPS) is 37.8. The van der Waals surface area contributed by atoms with E-state index in [-0.39, 0.29) is 5.91 Å². The van der Waals surface area contributed by atoms with E-state index >= 15 is 0 Å². The summed E-state index contributed by atoms with van der Waals surface area (Å²) in [7, 11) is 0. The van der Waals surface area contributed by atoms with E-state index in [0.29, 0.717) is 24.0 Å². The largest absolute Gasteiger partial charge is 0.351 e. The van der Waals surface area contributed by atoms with Crippen molar-refractivity contribution in [1.82, 2.24) is 10.2 Å². The Morgan fingerprint density at radius 2 is 2.05 bits per heavy atom. The highest BCUT2D eigenvalue weighted by Crippen LogP contribution is 2.45. The van der Waals surface area contributed by atoms with Crippen molar-refractivity contribution in [3.63, 3.8) is 0 Å². The molecule has 3 heterocycles. The van der Waals surface area contributed by atoms with Crippen LogP contribution in [-0.2, 0) is 4.79 Å². The molecule has 1 amide bonds. The van der Waals surface area contributed by atoms with Gasteiger partial charge in [0.15, 0.2) is 0 Å². The van der Waals surface area contributed by atoms with E-state index in [4.69, 9.17) is 0 Å². The van der Waals surface area contributed by atoms with Gasteiger partial charge in [-0.1, -0.05) is 30.3 Å². The van der Waals surface area contributed by atoms with Gasteiger partial charge in [0.2, 0.25) is 5.91 Å². The Bertz CT molecular complexity index is 487. The van der Waals surface area contributed by atoms with Gasteiger partial charge >= 0.3 is 0 Å². The van der Waals surface area contributed by atoms with E-state index in [1.54, 1.807) is 0 Å². The molecule has 1 N–H and O–H groups in total. The van der Waals surface area contributed by atoms with Gasteiger partial charge in [0.25, 0.3) is 0 Å². The van der Waals surface area contributed by atoms with Gasteiger partial charge in [-0.25, -0.2) is 0 Å². The van der Waals surface area contributed by atoms with Gasteiger partial charge in [0.05, 0.1) is 12.1 Å². The fourth-order valence-corrected chi connectivity index (χ4v) is 4.38. The molecule has 3 aliphatic rings. The fraction of sp³-hybridized carbons (Fsp3) is 0.562. The van der Waals surface area contributed by atoms with E-state index in [2.05, 4.69) is 40.5 Å². The van der Waals surface area contributed by atoms with Crippen LogP contribution in [0.4, 0.5) is 0 Å². The molecule has 4 atom stereocenters. The minimum Gasteiger partial charge on any atom is -0.351 e. The Labute approximate surface area is 114 Å². The molecule has 3 heteroatoms. The summed E-state index contributed by atoms with van der Waals surface area (Å²) in [5.74, 6) is 0.786. The first-order valence-electron chi connectivity index (χ1n) is 7.43. The molecule has 3 aliphatic heterocycles. The zero-order valence-electron chi connectivity index (χ0n) is 11.1. The molecule has 100 valence electrons. The summed E-state index contributed by atoms with van der Waals surface area (Å²) >= 11 is 0. The molecule has 0 unspecified atom stereocenters. The Balaban J connectivity index is 1.73. The smallest absolute Gasteiger partial charge is 0.220 e. The van der Waals surface area contributed by atoms with E-state index < -0.39 is 0 Å². The van der Waals surface area contributed by atoms with Gasteiger partial charge in [-0.15, -0.1) is 0 Å². The summed E-state index contributed by atoms with van der Waals surface area (Å²) in [4.78, 5) is 14.4. The Hall–Kier alpha value is -1.35. The number of rotatable bonds is 1. The third kappa shape index (κ3) is 1.79. The van der Waals surface area contributed by atoms with Crippen molar-refractivity contribution in [2.45, 2.75) is 43.8 Å². The number of nitrogens with one attached hydrogen (secondary N) is 1. The van der Waals surface area contributed by atoms with Crippen molar-refractivity contribution >= 4 is 5.91 Å². The summed E-state index contributed by atoms with van der Waals surface area (Å²) in [5, 5.41) is 3.24. The fourth-order valence-electron chi connectivity index (χ4n) is 4.38. The molecule has 3 saturated heterocycles. The second-order valence-corrected chi connectivity index (χ2v) is 6.18. The van der Waals surface area contributed by atoms with Crippen LogP contribution in [0.3, 0.4) is 0 Å². The number of carbonyl (C=O) groups excluding carboxylic acids is 1. The molecule has 0 aliphatic carbocycles. The first kappa shape index (κ1) is 11.5. The molecule has 0 aromatic heterocycles. The van der Waals surface area contributed by atoms with Gasteiger partial charge in [-0.3, -0.25) is 9.69 Å². The standard InChI is InChI=1S/C16H20N2O/c19-14-10-12-9-13-7-4-8-18(13)16(15(12)17-14)11-5-2-1-3-6-11/h1-3,5-6,12-13,15-16H,4,7-10H2,(H,17,19)/t12-,13-,15-,16+/m1/s1. The number of hydrogen-bond acceptors (Lipinski definition) is 2. The highest BCUT2D eigenvalue weighted by molar-refractivity contribution is 5.79. The summed E-state index contributed by atoms with van der Waals surface area (Å²) in [5.41, 5.74) is 1.37. The molecule has 3 fully saturated rings. The van der Waals surface area contributed by atoms with Crippen LogP contribution >= 0.6 is 0 Å². The zero-order valence-corrected chi connectivity index (χ0v) is 11.1. The number of fused-ring (bicyclic) bond motifs is 2. The number of benzene rings is 1. The molecule has 0 radical (unpaired) electrons. The lowest BCUT2D eigenvalue weighted by Crippen LogP contribution is -2.51. The lowest BCUT2D eigenvalue weighted by Gasteiger charge is -2.44. The van der Waals surface area contributed by atoms with Crippen molar-refractivity contribution in [2.24, 2.45) is 5.92 Å². The first-order valence-corrected chi connectivity index (χ1v) is 7.43. The second kappa shape index (κ2) is 4.34. The summed E-state index contributed by atoms with van der Waals surface area (Å²) < 4.78 is 0. The predicted molar refractivity (Wildman–Crippen MR) is 73.6 cm³/mol. The van der Waals surface area contributed by atoms with Crippen LogP contribution in [0.15, 0.2) is 30.3 Å². The number of amides is 1. The summed E-state index contributed by atoms with van der Waals surface area (Å²) in [6.45, 7) is 1.18. The van der Waals surface area contributed by atoms with Crippen molar-refractivity contribution in [3.8, 4) is 0 Å². The molecular formula is C16H20N2O. The van der Waals surface area contributed by atoms with Crippen LogP contribution in [0.2, 0.25) is 0 Å². The molecular weight excluding hydrogens is 236 g/mol. The minimum absolute atomic E-state index is 0.247. The highest BCUT2D eigenvalue weighted by atomic mass is 16.2. The van der Waals surface area contributed by atoms with Crippen molar-refractivity contribution in [1.29, 1.82) is 0 Å². The SMILES string of the molecule is O=C1C[C@H]2C[C@H]3CCCN3[C@@H](c3ccccc3)[C@@H]2N1. The number of carbonyl (C=O) groups is 1. The average molecular weight is 256 g/mol. The lowest BCUT2D eigenvalue weighted by molar-refractivity contribution is -0.119. The third-order valence-corrected chi connectivity index (χ3v) is 5.12. The average Bonchev–Trinajstić information content (AvgIpc) is 3.01. The van der Waals surface area contributed by atoms with E-state index in [9.17, 15) is 4.79 Å². The van der Waals surface area contributed by atoms with Gasteiger partial charge in [0, 0.05) is 12.5 Å². The third-order valence-electron chi connectivity index (χ3n) is 5.12. The number of hydrogen-bond donors (Lipinski definition) is 1. The maximum Gasteiger partial charge on any atom is 0.220 e. The van der Waals surface area contributed by atoms with Crippen LogP contribution in [0.1, 0.15) is 37.3 Å². The molecule has 0 bridgehead atoms. The maximum atomic E-state index is 11.8. The van der Waals surface area contributed by atoms with E-state index in [0.717, 1.165) is 6.42 Å². The number of nitrogens with zero attached hydrogens (tertiary/aromatic N) is 1. The highest BCUT2D eigenvalue weighted by Gasteiger charge is 2.49. The van der Waals surface area contributed by atoms with Crippen LogP contribution in [0.5, 0.6) is 0 Å². The van der Waals surface area contributed by atoms with Crippen molar-refractivity contribution < 1.29 is 4.79 Å². The second-order valence-electron chi connectivity index (χ2n) is 6.18. The monoisotopic (exact) mass is 256 g/mol. The lowest BCUT2D eigenvalue weighted by atomic mass is 9.80. The topological polar surface area (TPSA) is 32.3 Å². The Morgan fingerprint density at radius 1 is 1.21 bits per heavy atom. The number of piperidine rings is 1. The molecule has 0 saturated carbocycles. The predicted octanol–water partition coefficient (Wildman–Crippen LogP) is 2.10. The molecule has 1 aromatic carbocycles. The molecule has 3 nitrogen and oxygen atoms in total. The summed E-state index contributed by atoms with van der Waals surface area (Å²) in [6.07, 6.45) is 4.55. The minimum atomic E-state index is 0.247. The van der Waals surface area contributed by atoms with Gasteiger partial charge < -0.3 is 5.32 Å². The maximum absolute atomic E-state index is 11.8. The van der Waals surface area contributed by atoms with E-state index in [1.807, 2.05) is 0 Å². The van der Waals surface area contributed by atoms with Crippen LogP contribution in [-0.4, -0.2) is 29.4 Å². The van der Waals surface area contributed by atoms with E-state index in [1.165, 1.54) is 31.4 Å². The van der Waals surface area contributed by atoms with Gasteiger partial charge in [0.1, 0.15) is 0 Å². The van der Waals surface area contributed by atoms with Gasteiger partial charge in [-0.2, -0.15) is 0 Å². The van der Waals surface area contributed by atoms with Crippen molar-refractivity contribution in [2.75, 3.05) is 6.54 Å². The molecule has 19 heavy (non-hydrogen) atoms. The zero-order chi connectivity index (χ0) is 12.8. The van der Waals surface area contributed by atoms with Crippen molar-refractivity contribution in [3.05, 3.63) is 35.9 Å². The Morgan fingerprint density at radius 3 is 2.89 bits per heavy atom. The molecule has 0 spiro atoms. The van der Waals surface area contributed by atoms with Crippen LogP contribution < -0.4 is 5.32 Å². The van der Waals surface area contributed by atoms with Gasteiger partial charge in [-0.05, 0) is 37.3 Å². The van der Waals surface area contributed by atoms with Crippen LogP contribution in [0.25, 0.3) is 0 Å². The molecule has 1 aromatic rings. The van der Waals surface area contributed by atoms with Crippen LogP contribution in [0, 0.1) is 5.92 Å². The molecule has 4 rings (SSSR count).